The average molecular weight is 593 g/mol. The number of amides is 2. The van der Waals surface area contributed by atoms with Gasteiger partial charge < -0.3 is 15.7 Å². The minimum Gasteiger partial charge on any atom is -0.390 e. The highest BCUT2D eigenvalue weighted by molar-refractivity contribution is 8.00. The van der Waals surface area contributed by atoms with Crippen LogP contribution in [-0.4, -0.2) is 68.9 Å². The first-order chi connectivity index (χ1) is 20.0. The van der Waals surface area contributed by atoms with Crippen LogP contribution in [0.1, 0.15) is 55.1 Å². The lowest BCUT2D eigenvalue weighted by atomic mass is 9.96. The van der Waals surface area contributed by atoms with E-state index in [-0.39, 0.29) is 23.3 Å². The summed E-state index contributed by atoms with van der Waals surface area (Å²) in [6.07, 6.45) is 4.41. The third kappa shape index (κ3) is 9.11. The van der Waals surface area contributed by atoms with E-state index in [1.165, 1.54) is 12.1 Å². The van der Waals surface area contributed by atoms with E-state index in [4.69, 9.17) is 0 Å². The molecule has 2 heterocycles. The van der Waals surface area contributed by atoms with Crippen LogP contribution in [0.25, 0.3) is 0 Å². The SMILES string of the molecule is Cc1ccc(F)cc1C(=O)N[C@@H](Cc1ccccc1)[C@H](O)CN1CC[C@@H](Sc2ccncc2)C[C@H]1C(=O)NC(C)(C)C. The monoisotopic (exact) mass is 592 g/mol. The molecule has 1 aliphatic rings. The van der Waals surface area contributed by atoms with Gasteiger partial charge in [0.15, 0.2) is 0 Å². The van der Waals surface area contributed by atoms with E-state index in [9.17, 15) is 19.1 Å². The lowest BCUT2D eigenvalue weighted by Crippen LogP contribution is -2.58. The zero-order chi connectivity index (χ0) is 30.3. The number of halogens is 1. The molecule has 2 aromatic carbocycles. The Hall–Kier alpha value is -3.27. The maximum absolute atomic E-state index is 14.0. The Morgan fingerprint density at radius 3 is 2.52 bits per heavy atom. The van der Waals surface area contributed by atoms with Crippen molar-refractivity contribution in [2.75, 3.05) is 13.1 Å². The third-order valence-electron chi connectivity index (χ3n) is 7.36. The van der Waals surface area contributed by atoms with Gasteiger partial charge in [-0.05, 0) is 82.3 Å². The summed E-state index contributed by atoms with van der Waals surface area (Å²) in [4.78, 5) is 34.1. The lowest BCUT2D eigenvalue weighted by Gasteiger charge is -2.41. The summed E-state index contributed by atoms with van der Waals surface area (Å²) in [6.45, 7) is 8.44. The molecule has 0 aliphatic carbocycles. The van der Waals surface area contributed by atoms with Crippen molar-refractivity contribution in [2.45, 2.75) is 80.8 Å². The van der Waals surface area contributed by atoms with E-state index in [0.29, 0.717) is 24.9 Å². The first-order valence-electron chi connectivity index (χ1n) is 14.4. The summed E-state index contributed by atoms with van der Waals surface area (Å²) >= 11 is 1.74. The van der Waals surface area contributed by atoms with Gasteiger partial charge >= 0.3 is 0 Å². The van der Waals surface area contributed by atoms with Crippen LogP contribution in [0, 0.1) is 12.7 Å². The Morgan fingerprint density at radius 2 is 1.83 bits per heavy atom. The molecule has 4 atom stereocenters. The number of likely N-dealkylation sites (tertiary alicyclic amines) is 1. The highest BCUT2D eigenvalue weighted by atomic mass is 32.2. The smallest absolute Gasteiger partial charge is 0.251 e. The maximum Gasteiger partial charge on any atom is 0.251 e. The number of aliphatic hydroxyl groups excluding tert-OH is 1. The summed E-state index contributed by atoms with van der Waals surface area (Å²) in [5.41, 5.74) is 1.43. The number of β-amino-alcohol motifs (C(OH)–C–C–N with tert-alkyl or cyclic N) is 1. The molecule has 0 radical (unpaired) electrons. The van der Waals surface area contributed by atoms with Crippen molar-refractivity contribution in [1.82, 2.24) is 20.5 Å². The second-order valence-electron chi connectivity index (χ2n) is 12.0. The van der Waals surface area contributed by atoms with Gasteiger partial charge in [-0.2, -0.15) is 0 Å². The molecule has 1 aromatic heterocycles. The molecule has 7 nitrogen and oxygen atoms in total. The predicted octanol–water partition coefficient (Wildman–Crippen LogP) is 4.77. The number of nitrogens with one attached hydrogen (secondary N) is 2. The molecule has 3 aromatic rings. The minimum absolute atomic E-state index is 0.0752. The fourth-order valence-corrected chi connectivity index (χ4v) is 6.41. The fourth-order valence-electron chi connectivity index (χ4n) is 5.25. The largest absolute Gasteiger partial charge is 0.390 e. The molecular weight excluding hydrogens is 551 g/mol. The normalized spacial score (nSPS) is 19.1. The zero-order valence-electron chi connectivity index (χ0n) is 24.7. The van der Waals surface area contributed by atoms with Crippen molar-refractivity contribution >= 4 is 23.6 Å². The summed E-state index contributed by atoms with van der Waals surface area (Å²) in [5, 5.41) is 17.9. The molecule has 0 unspecified atom stereocenters. The van der Waals surface area contributed by atoms with Gasteiger partial charge in [0.2, 0.25) is 5.91 Å². The molecule has 1 fully saturated rings. The van der Waals surface area contributed by atoms with Gasteiger partial charge in [0.25, 0.3) is 5.91 Å². The number of carbonyl (C=O) groups excluding carboxylic acids is 2. The van der Waals surface area contributed by atoms with Crippen molar-refractivity contribution in [1.29, 1.82) is 0 Å². The van der Waals surface area contributed by atoms with Crippen molar-refractivity contribution < 1.29 is 19.1 Å². The van der Waals surface area contributed by atoms with Gasteiger partial charge in [0, 0.05) is 46.7 Å². The van der Waals surface area contributed by atoms with Gasteiger partial charge in [-0.1, -0.05) is 36.4 Å². The number of hydrogen-bond acceptors (Lipinski definition) is 6. The molecule has 0 saturated carbocycles. The topological polar surface area (TPSA) is 94.6 Å². The van der Waals surface area contributed by atoms with Crippen LogP contribution in [0.3, 0.4) is 0 Å². The molecule has 42 heavy (non-hydrogen) atoms. The predicted molar refractivity (Wildman–Crippen MR) is 165 cm³/mol. The first kappa shape index (κ1) is 31.7. The number of thioether (sulfide) groups is 1. The van der Waals surface area contributed by atoms with Crippen molar-refractivity contribution in [3.63, 3.8) is 0 Å². The van der Waals surface area contributed by atoms with Crippen molar-refractivity contribution in [3.8, 4) is 0 Å². The first-order valence-corrected chi connectivity index (χ1v) is 15.3. The standard InChI is InChI=1S/C33H41FN4O3S/c1-22-10-11-24(34)19-27(22)31(40)36-28(18-23-8-6-5-7-9-23)30(39)21-38-17-14-26(42-25-12-15-35-16-13-25)20-29(38)32(41)37-33(2,3)4/h5-13,15-16,19,26,28-30,39H,14,17-18,20-21H2,1-4H3,(H,36,40)(H,37,41)/t26-,28+,29+,30-/m1/s1. The van der Waals surface area contributed by atoms with Crippen LogP contribution in [0.15, 0.2) is 78.0 Å². The molecule has 9 heteroatoms. The molecule has 4 rings (SSSR count). The molecule has 2 amide bonds. The van der Waals surface area contributed by atoms with Gasteiger partial charge in [-0.3, -0.25) is 19.5 Å². The number of rotatable bonds is 10. The molecule has 0 bridgehead atoms. The number of aryl methyl sites for hydroxylation is 1. The number of nitrogens with zero attached hydrogens (tertiary/aromatic N) is 2. The number of hydrogen-bond donors (Lipinski definition) is 3. The second kappa shape index (κ2) is 14.3. The van der Waals surface area contributed by atoms with Crippen LogP contribution >= 0.6 is 11.8 Å². The molecule has 1 aliphatic heterocycles. The number of pyridine rings is 1. The van der Waals surface area contributed by atoms with Gasteiger partial charge in [0.05, 0.1) is 18.2 Å². The average Bonchev–Trinajstić information content (AvgIpc) is 2.95. The van der Waals surface area contributed by atoms with Gasteiger partial charge in [-0.15, -0.1) is 11.8 Å². The highest BCUT2D eigenvalue weighted by Crippen LogP contribution is 2.33. The second-order valence-corrected chi connectivity index (χ2v) is 13.4. The zero-order valence-corrected chi connectivity index (χ0v) is 25.5. The lowest BCUT2D eigenvalue weighted by molar-refractivity contribution is -0.129. The number of piperidine rings is 1. The van der Waals surface area contributed by atoms with E-state index in [0.717, 1.165) is 16.9 Å². The highest BCUT2D eigenvalue weighted by Gasteiger charge is 2.37. The molecule has 0 spiro atoms. The number of aliphatic hydroxyl groups is 1. The molecule has 224 valence electrons. The van der Waals surface area contributed by atoms with Crippen LogP contribution in [0.4, 0.5) is 4.39 Å². The van der Waals surface area contributed by atoms with Crippen molar-refractivity contribution in [3.05, 3.63) is 95.6 Å². The van der Waals surface area contributed by atoms with Gasteiger partial charge in [-0.25, -0.2) is 4.39 Å². The van der Waals surface area contributed by atoms with E-state index in [1.807, 2.05) is 68.1 Å². The molecular formula is C33H41FN4O3S. The van der Waals surface area contributed by atoms with E-state index < -0.39 is 35.5 Å². The van der Waals surface area contributed by atoms with E-state index in [2.05, 4.69) is 15.6 Å². The summed E-state index contributed by atoms with van der Waals surface area (Å²) in [6, 6.07) is 16.6. The Labute approximate surface area is 252 Å². The van der Waals surface area contributed by atoms with E-state index >= 15 is 0 Å². The van der Waals surface area contributed by atoms with Crippen LogP contribution < -0.4 is 10.6 Å². The maximum atomic E-state index is 14.0. The molecule has 3 N–H and O–H groups in total. The minimum atomic E-state index is -0.975. The van der Waals surface area contributed by atoms with Crippen molar-refractivity contribution in [2.24, 2.45) is 0 Å². The Morgan fingerprint density at radius 1 is 1.12 bits per heavy atom. The third-order valence-corrected chi connectivity index (χ3v) is 8.67. The Kier molecular flexibility index (Phi) is 10.8. The summed E-state index contributed by atoms with van der Waals surface area (Å²) < 4.78 is 14.0. The Bertz CT molecular complexity index is 1340. The fraction of sp³-hybridized carbons (Fsp3) is 0.424. The quantitative estimate of drug-likeness (QED) is 0.314. The number of benzene rings is 2. The van der Waals surface area contributed by atoms with Crippen LogP contribution in [0.2, 0.25) is 0 Å². The molecule has 1 saturated heterocycles. The number of aromatic nitrogens is 1. The summed E-state index contributed by atoms with van der Waals surface area (Å²) in [5.74, 6) is -1.01. The van der Waals surface area contributed by atoms with Crippen LogP contribution in [0.5, 0.6) is 0 Å². The number of carbonyl (C=O) groups is 2. The Balaban J connectivity index is 1.53. The summed E-state index contributed by atoms with van der Waals surface area (Å²) in [7, 11) is 0. The van der Waals surface area contributed by atoms with Gasteiger partial charge in [0.1, 0.15) is 5.82 Å². The van der Waals surface area contributed by atoms with E-state index in [1.54, 1.807) is 37.1 Å². The van der Waals surface area contributed by atoms with Crippen LogP contribution in [-0.2, 0) is 11.2 Å².